The van der Waals surface area contributed by atoms with Crippen LogP contribution in [-0.4, -0.2) is 60.7 Å². The number of likely N-dealkylation sites (tertiary alicyclic amines) is 1. The van der Waals surface area contributed by atoms with Crippen LogP contribution < -0.4 is 5.32 Å². The maximum Gasteiger partial charge on any atom is 0.194 e. The van der Waals surface area contributed by atoms with Crippen molar-refractivity contribution in [3.8, 4) is 0 Å². The molecule has 27 heavy (non-hydrogen) atoms. The highest BCUT2D eigenvalue weighted by molar-refractivity contribution is 5.82. The third-order valence-electron chi connectivity index (χ3n) is 6.49. The van der Waals surface area contributed by atoms with Gasteiger partial charge in [-0.25, -0.2) is 4.99 Å². The van der Waals surface area contributed by atoms with Crippen LogP contribution in [0.4, 0.5) is 0 Å². The number of guanidine groups is 1. The zero-order valence-electron chi connectivity index (χ0n) is 17.7. The molecule has 0 aliphatic carbocycles. The number of nitrogens with one attached hydrogen (secondary N) is 1. The van der Waals surface area contributed by atoms with Crippen molar-refractivity contribution in [2.45, 2.75) is 53.2 Å². The molecular formula is C22H36N4O. The van der Waals surface area contributed by atoms with Gasteiger partial charge in [0.15, 0.2) is 5.96 Å². The van der Waals surface area contributed by atoms with E-state index in [0.29, 0.717) is 5.41 Å². The lowest BCUT2D eigenvalue weighted by atomic mass is 9.65. The zero-order valence-corrected chi connectivity index (χ0v) is 17.7. The predicted octanol–water partition coefficient (Wildman–Crippen LogP) is 3.10. The van der Waals surface area contributed by atoms with E-state index >= 15 is 0 Å². The molecule has 2 aliphatic rings. The van der Waals surface area contributed by atoms with Gasteiger partial charge in [0.2, 0.25) is 0 Å². The summed E-state index contributed by atoms with van der Waals surface area (Å²) in [5.41, 5.74) is 3.11. The maximum absolute atomic E-state index is 5.48. The van der Waals surface area contributed by atoms with Gasteiger partial charge in [-0.15, -0.1) is 0 Å². The number of hydrogen-bond acceptors (Lipinski definition) is 3. The second-order valence-corrected chi connectivity index (χ2v) is 8.86. The molecule has 0 aromatic heterocycles. The predicted molar refractivity (Wildman–Crippen MR) is 112 cm³/mol. The van der Waals surface area contributed by atoms with Crippen molar-refractivity contribution in [1.29, 1.82) is 0 Å². The van der Waals surface area contributed by atoms with Crippen molar-refractivity contribution >= 4 is 5.96 Å². The average Bonchev–Trinajstić information content (AvgIpc) is 2.65. The first-order chi connectivity index (χ1) is 12.8. The van der Waals surface area contributed by atoms with E-state index in [-0.39, 0.29) is 5.54 Å². The van der Waals surface area contributed by atoms with Gasteiger partial charge in [-0.05, 0) is 31.9 Å². The number of rotatable bonds is 5. The summed E-state index contributed by atoms with van der Waals surface area (Å²) in [6.07, 6.45) is 0. The summed E-state index contributed by atoms with van der Waals surface area (Å²) in [6.45, 7) is 18.8. The minimum absolute atomic E-state index is 0.112. The van der Waals surface area contributed by atoms with Gasteiger partial charge in [-0.2, -0.15) is 0 Å². The number of ether oxygens (including phenoxy) is 1. The van der Waals surface area contributed by atoms with Crippen LogP contribution in [0.25, 0.3) is 0 Å². The van der Waals surface area contributed by atoms with Gasteiger partial charge in [-0.3, -0.25) is 4.90 Å². The van der Waals surface area contributed by atoms with E-state index in [1.807, 2.05) is 0 Å². The Balaban J connectivity index is 1.73. The van der Waals surface area contributed by atoms with Gasteiger partial charge in [0, 0.05) is 43.7 Å². The van der Waals surface area contributed by atoms with Crippen LogP contribution in [0.15, 0.2) is 29.3 Å². The van der Waals surface area contributed by atoms with E-state index in [2.05, 4.69) is 74.0 Å². The third-order valence-corrected chi connectivity index (χ3v) is 6.49. The molecule has 5 heteroatoms. The van der Waals surface area contributed by atoms with E-state index in [9.17, 15) is 0 Å². The first-order valence-electron chi connectivity index (χ1n) is 10.3. The van der Waals surface area contributed by atoms with E-state index in [4.69, 9.17) is 9.73 Å². The summed E-state index contributed by atoms with van der Waals surface area (Å²) in [4.78, 5) is 9.90. The van der Waals surface area contributed by atoms with Crippen LogP contribution in [0.5, 0.6) is 0 Å². The molecule has 1 aromatic rings. The van der Waals surface area contributed by atoms with Crippen LogP contribution in [0.3, 0.4) is 0 Å². The van der Waals surface area contributed by atoms with Gasteiger partial charge in [-0.1, -0.05) is 38.1 Å². The summed E-state index contributed by atoms with van der Waals surface area (Å²) in [5.74, 6) is 1.03. The maximum atomic E-state index is 5.48. The molecule has 1 aromatic carbocycles. The van der Waals surface area contributed by atoms with Crippen molar-refractivity contribution in [2.75, 3.05) is 39.4 Å². The van der Waals surface area contributed by atoms with Crippen molar-refractivity contribution in [2.24, 2.45) is 10.4 Å². The normalized spacial score (nSPS) is 22.4. The molecule has 2 aliphatic heterocycles. The molecule has 0 bridgehead atoms. The molecular weight excluding hydrogens is 336 g/mol. The zero-order chi connectivity index (χ0) is 19.5. The monoisotopic (exact) mass is 372 g/mol. The number of morpholine rings is 1. The SMILES string of the molecule is CCNC(=NCc1ccccc1CN1CCOCC1)N1CC(C)(C)C1(C)C. The van der Waals surface area contributed by atoms with Crippen molar-refractivity contribution in [3.05, 3.63) is 35.4 Å². The quantitative estimate of drug-likeness (QED) is 0.637. The fourth-order valence-corrected chi connectivity index (χ4v) is 3.82. The van der Waals surface area contributed by atoms with E-state index in [0.717, 1.165) is 58.4 Å². The van der Waals surface area contributed by atoms with Crippen LogP contribution in [-0.2, 0) is 17.8 Å². The molecule has 3 rings (SSSR count). The van der Waals surface area contributed by atoms with E-state index < -0.39 is 0 Å². The van der Waals surface area contributed by atoms with E-state index in [1.165, 1.54) is 11.1 Å². The second-order valence-electron chi connectivity index (χ2n) is 8.86. The fraction of sp³-hybridized carbons (Fsp3) is 0.682. The summed E-state index contributed by atoms with van der Waals surface area (Å²) >= 11 is 0. The highest BCUT2D eigenvalue weighted by Crippen LogP contribution is 2.46. The van der Waals surface area contributed by atoms with Gasteiger partial charge >= 0.3 is 0 Å². The Hall–Kier alpha value is -1.59. The molecule has 0 amide bonds. The smallest absolute Gasteiger partial charge is 0.194 e. The molecule has 2 heterocycles. The molecule has 0 saturated carbocycles. The Morgan fingerprint density at radius 2 is 1.78 bits per heavy atom. The molecule has 2 fully saturated rings. The van der Waals surface area contributed by atoms with Crippen LogP contribution >= 0.6 is 0 Å². The van der Waals surface area contributed by atoms with Crippen molar-refractivity contribution in [3.63, 3.8) is 0 Å². The Kier molecular flexibility index (Phi) is 6.11. The Morgan fingerprint density at radius 3 is 2.37 bits per heavy atom. The minimum Gasteiger partial charge on any atom is -0.379 e. The Labute approximate surface area is 164 Å². The molecule has 0 atom stereocenters. The molecule has 0 spiro atoms. The Morgan fingerprint density at radius 1 is 1.11 bits per heavy atom. The summed E-state index contributed by atoms with van der Waals surface area (Å²) < 4.78 is 5.48. The molecule has 150 valence electrons. The van der Waals surface area contributed by atoms with Gasteiger partial charge < -0.3 is 15.0 Å². The molecule has 0 radical (unpaired) electrons. The second kappa shape index (κ2) is 8.19. The largest absolute Gasteiger partial charge is 0.379 e. The van der Waals surface area contributed by atoms with Crippen molar-refractivity contribution < 1.29 is 4.74 Å². The number of hydrogen-bond donors (Lipinski definition) is 1. The fourth-order valence-electron chi connectivity index (χ4n) is 3.82. The summed E-state index contributed by atoms with van der Waals surface area (Å²) in [7, 11) is 0. The summed E-state index contributed by atoms with van der Waals surface area (Å²) in [5, 5.41) is 3.50. The van der Waals surface area contributed by atoms with Gasteiger partial charge in [0.25, 0.3) is 0 Å². The van der Waals surface area contributed by atoms with Crippen LogP contribution in [0.1, 0.15) is 45.7 Å². The van der Waals surface area contributed by atoms with Crippen LogP contribution in [0, 0.1) is 5.41 Å². The lowest BCUT2D eigenvalue weighted by Crippen LogP contribution is -2.72. The topological polar surface area (TPSA) is 40.1 Å². The molecule has 5 nitrogen and oxygen atoms in total. The lowest BCUT2D eigenvalue weighted by molar-refractivity contribution is -0.0667. The van der Waals surface area contributed by atoms with Crippen LogP contribution in [0.2, 0.25) is 0 Å². The summed E-state index contributed by atoms with van der Waals surface area (Å²) in [6, 6.07) is 8.71. The third kappa shape index (κ3) is 4.30. The lowest BCUT2D eigenvalue weighted by Gasteiger charge is -2.62. The molecule has 0 unspecified atom stereocenters. The first-order valence-corrected chi connectivity index (χ1v) is 10.3. The Bertz CT molecular complexity index is 662. The van der Waals surface area contributed by atoms with E-state index in [1.54, 1.807) is 0 Å². The highest BCUT2D eigenvalue weighted by atomic mass is 16.5. The average molecular weight is 373 g/mol. The number of nitrogens with zero attached hydrogens (tertiary/aromatic N) is 3. The van der Waals surface area contributed by atoms with Gasteiger partial charge in [0.1, 0.15) is 0 Å². The standard InChI is InChI=1S/C22H36N4O/c1-6-23-20(26-17-21(2,3)22(26,4)5)24-15-18-9-7-8-10-19(18)16-25-11-13-27-14-12-25/h7-10H,6,11-17H2,1-5H3,(H,23,24). The first kappa shape index (κ1) is 20.2. The van der Waals surface area contributed by atoms with Gasteiger partial charge in [0.05, 0.1) is 19.8 Å². The number of aliphatic imine (C=N–C) groups is 1. The minimum atomic E-state index is 0.112. The molecule has 1 N–H and O–H groups in total. The molecule has 2 saturated heterocycles. The van der Waals surface area contributed by atoms with Crippen molar-refractivity contribution in [1.82, 2.24) is 15.1 Å². The number of benzene rings is 1. The highest BCUT2D eigenvalue weighted by Gasteiger charge is 2.53.